The monoisotopic (exact) mass is 330 g/mol. The van der Waals surface area contributed by atoms with Crippen molar-refractivity contribution < 1.29 is 0 Å². The second-order valence-corrected chi connectivity index (χ2v) is 6.20. The molecule has 0 amide bonds. The van der Waals surface area contributed by atoms with E-state index in [1.54, 1.807) is 0 Å². The molecule has 0 aromatic carbocycles. The summed E-state index contributed by atoms with van der Waals surface area (Å²) >= 11 is 9.46. The van der Waals surface area contributed by atoms with E-state index in [0.29, 0.717) is 11.9 Å². The summed E-state index contributed by atoms with van der Waals surface area (Å²) in [7, 11) is 0. The van der Waals surface area contributed by atoms with Crippen LogP contribution >= 0.6 is 27.5 Å². The van der Waals surface area contributed by atoms with Crippen molar-refractivity contribution in [3.8, 4) is 0 Å². The lowest BCUT2D eigenvalue weighted by Crippen LogP contribution is -2.38. The summed E-state index contributed by atoms with van der Waals surface area (Å²) in [5, 5.41) is 0. The number of anilines is 1. The van der Waals surface area contributed by atoms with E-state index in [0.717, 1.165) is 16.8 Å². The summed E-state index contributed by atoms with van der Waals surface area (Å²) in [5.41, 5.74) is 1.23. The van der Waals surface area contributed by atoms with Crippen LogP contribution in [-0.2, 0) is 0 Å². The molecule has 100 valence electrons. The number of alkyl halides is 1. The predicted octanol–water partition coefficient (Wildman–Crippen LogP) is 4.53. The van der Waals surface area contributed by atoms with Crippen molar-refractivity contribution in [3.63, 3.8) is 0 Å². The largest absolute Gasteiger partial charge is 0.352 e. The van der Waals surface area contributed by atoms with Gasteiger partial charge in [-0.3, -0.25) is 0 Å². The number of pyridine rings is 1. The molecule has 2 rings (SSSR count). The molecule has 4 heteroatoms. The average Bonchev–Trinajstić information content (AvgIpc) is 2.40. The first-order valence-electron chi connectivity index (χ1n) is 6.67. The van der Waals surface area contributed by atoms with Crippen LogP contribution in [0.2, 0.25) is 0 Å². The molecule has 0 bridgehead atoms. The molecule has 0 unspecified atom stereocenters. The molecule has 0 N–H and O–H groups in total. The first kappa shape index (κ1) is 14.1. The lowest BCUT2D eigenvalue weighted by molar-refractivity contribution is 0.416. The Kier molecular flexibility index (Phi) is 5.31. The van der Waals surface area contributed by atoms with E-state index in [4.69, 9.17) is 11.6 Å². The number of hydrogen-bond donors (Lipinski definition) is 0. The Balaban J connectivity index is 2.19. The molecule has 18 heavy (non-hydrogen) atoms. The third kappa shape index (κ3) is 3.39. The van der Waals surface area contributed by atoms with Crippen LogP contribution in [0.3, 0.4) is 0 Å². The number of nitrogens with zero attached hydrogens (tertiary/aromatic N) is 2. The smallest absolute Gasteiger partial charge is 0.129 e. The first-order chi connectivity index (χ1) is 8.72. The van der Waals surface area contributed by atoms with Gasteiger partial charge in [0.2, 0.25) is 0 Å². The van der Waals surface area contributed by atoms with Crippen LogP contribution in [0, 0.1) is 6.92 Å². The Morgan fingerprint density at radius 3 is 2.72 bits per heavy atom. The molecule has 0 saturated heterocycles. The summed E-state index contributed by atoms with van der Waals surface area (Å²) < 4.78 is 1.07. The van der Waals surface area contributed by atoms with Gasteiger partial charge in [0.1, 0.15) is 5.82 Å². The second kappa shape index (κ2) is 6.76. The van der Waals surface area contributed by atoms with Crippen LogP contribution < -0.4 is 4.90 Å². The van der Waals surface area contributed by atoms with E-state index in [2.05, 4.69) is 38.8 Å². The maximum absolute atomic E-state index is 5.96. The van der Waals surface area contributed by atoms with Gasteiger partial charge in [0.05, 0.1) is 0 Å². The fourth-order valence-electron chi connectivity index (χ4n) is 2.65. The number of rotatable bonds is 4. The maximum Gasteiger partial charge on any atom is 0.129 e. The van der Waals surface area contributed by atoms with Crippen LogP contribution in [0.4, 0.5) is 5.82 Å². The standard InChI is InChI=1S/C14H20BrClN2/c1-11-9-14(17-10-13(11)15)18(8-7-16)12-5-3-2-4-6-12/h9-10,12H,2-8H2,1H3. The van der Waals surface area contributed by atoms with Crippen LogP contribution in [0.1, 0.15) is 37.7 Å². The molecule has 1 saturated carbocycles. The highest BCUT2D eigenvalue weighted by molar-refractivity contribution is 9.10. The summed E-state index contributed by atoms with van der Waals surface area (Å²) in [6.07, 6.45) is 8.48. The van der Waals surface area contributed by atoms with Gasteiger partial charge in [0.15, 0.2) is 0 Å². The Morgan fingerprint density at radius 1 is 1.39 bits per heavy atom. The Bertz CT molecular complexity index is 391. The van der Waals surface area contributed by atoms with Crippen LogP contribution in [0.25, 0.3) is 0 Å². The SMILES string of the molecule is Cc1cc(N(CCCl)C2CCCCC2)ncc1Br. The number of aryl methyl sites for hydroxylation is 1. The molecule has 1 aromatic rings. The third-order valence-corrected chi connectivity index (χ3v) is 4.67. The van der Waals surface area contributed by atoms with E-state index in [9.17, 15) is 0 Å². The molecule has 2 nitrogen and oxygen atoms in total. The van der Waals surface area contributed by atoms with Crippen LogP contribution in [0.5, 0.6) is 0 Å². The summed E-state index contributed by atoms with van der Waals surface area (Å²) in [5.74, 6) is 1.73. The van der Waals surface area contributed by atoms with Crippen molar-refractivity contribution in [1.29, 1.82) is 0 Å². The number of aromatic nitrogens is 1. The summed E-state index contributed by atoms with van der Waals surface area (Å²) in [4.78, 5) is 6.95. The van der Waals surface area contributed by atoms with Crippen LogP contribution in [0.15, 0.2) is 16.7 Å². The lowest BCUT2D eigenvalue weighted by atomic mass is 9.94. The van der Waals surface area contributed by atoms with Gasteiger partial charge in [0.25, 0.3) is 0 Å². The molecule has 0 aliphatic heterocycles. The zero-order chi connectivity index (χ0) is 13.0. The van der Waals surface area contributed by atoms with Gasteiger partial charge in [-0.15, -0.1) is 11.6 Å². The van der Waals surface area contributed by atoms with Crippen molar-refractivity contribution >= 4 is 33.3 Å². The fraction of sp³-hybridized carbons (Fsp3) is 0.643. The number of halogens is 2. The molecule has 1 aliphatic carbocycles. The van der Waals surface area contributed by atoms with Gasteiger partial charge in [-0.2, -0.15) is 0 Å². The molecule has 0 radical (unpaired) electrons. The predicted molar refractivity (Wildman–Crippen MR) is 81.6 cm³/mol. The molecule has 1 aromatic heterocycles. The second-order valence-electron chi connectivity index (χ2n) is 4.97. The highest BCUT2D eigenvalue weighted by atomic mass is 79.9. The van der Waals surface area contributed by atoms with E-state index in [1.165, 1.54) is 37.7 Å². The topological polar surface area (TPSA) is 16.1 Å². The Morgan fingerprint density at radius 2 is 2.11 bits per heavy atom. The molecule has 0 atom stereocenters. The zero-order valence-electron chi connectivity index (χ0n) is 10.8. The molecule has 0 spiro atoms. The lowest BCUT2D eigenvalue weighted by Gasteiger charge is -2.35. The molecule has 1 fully saturated rings. The summed E-state index contributed by atoms with van der Waals surface area (Å²) in [6, 6.07) is 2.77. The maximum atomic E-state index is 5.96. The van der Waals surface area contributed by atoms with Crippen molar-refractivity contribution in [1.82, 2.24) is 4.98 Å². The highest BCUT2D eigenvalue weighted by Crippen LogP contribution is 2.28. The minimum atomic E-state index is 0.616. The van der Waals surface area contributed by atoms with Gasteiger partial charge >= 0.3 is 0 Å². The quantitative estimate of drug-likeness (QED) is 0.754. The van der Waals surface area contributed by atoms with Gasteiger partial charge in [0, 0.05) is 29.1 Å². The minimum Gasteiger partial charge on any atom is -0.352 e. The van der Waals surface area contributed by atoms with E-state index < -0.39 is 0 Å². The van der Waals surface area contributed by atoms with E-state index >= 15 is 0 Å². The van der Waals surface area contributed by atoms with E-state index in [1.807, 2.05) is 6.20 Å². The highest BCUT2D eigenvalue weighted by Gasteiger charge is 2.22. The Labute approximate surface area is 123 Å². The van der Waals surface area contributed by atoms with Gasteiger partial charge in [-0.05, 0) is 47.3 Å². The number of hydrogen-bond acceptors (Lipinski definition) is 2. The summed E-state index contributed by atoms with van der Waals surface area (Å²) in [6.45, 7) is 3.00. The van der Waals surface area contributed by atoms with Crippen molar-refractivity contribution in [2.75, 3.05) is 17.3 Å². The van der Waals surface area contributed by atoms with Crippen molar-refractivity contribution in [3.05, 3.63) is 22.3 Å². The van der Waals surface area contributed by atoms with Crippen molar-refractivity contribution in [2.24, 2.45) is 0 Å². The molecule has 1 heterocycles. The minimum absolute atomic E-state index is 0.616. The average molecular weight is 332 g/mol. The molecular formula is C14H20BrClN2. The molecular weight excluding hydrogens is 312 g/mol. The van der Waals surface area contributed by atoms with Gasteiger partial charge in [-0.1, -0.05) is 19.3 Å². The first-order valence-corrected chi connectivity index (χ1v) is 8.00. The van der Waals surface area contributed by atoms with Crippen molar-refractivity contribution in [2.45, 2.75) is 45.1 Å². The Hall–Kier alpha value is -0.280. The van der Waals surface area contributed by atoms with Gasteiger partial charge in [-0.25, -0.2) is 4.98 Å². The van der Waals surface area contributed by atoms with E-state index in [-0.39, 0.29) is 0 Å². The van der Waals surface area contributed by atoms with Crippen LogP contribution in [-0.4, -0.2) is 23.5 Å². The normalized spacial score (nSPS) is 16.8. The van der Waals surface area contributed by atoms with Gasteiger partial charge < -0.3 is 4.90 Å². The third-order valence-electron chi connectivity index (χ3n) is 3.67. The fourth-order valence-corrected chi connectivity index (χ4v) is 3.05. The molecule has 1 aliphatic rings. The zero-order valence-corrected chi connectivity index (χ0v) is 13.2.